The van der Waals surface area contributed by atoms with Crippen LogP contribution in [0.25, 0.3) is 0 Å². The van der Waals surface area contributed by atoms with Crippen molar-refractivity contribution in [3.05, 3.63) is 17.5 Å². The monoisotopic (exact) mass is 269 g/mol. The average molecular weight is 269 g/mol. The maximum atomic E-state index is 11.1. The zero-order valence-corrected chi connectivity index (χ0v) is 11.5. The number of aryl methyl sites for hydroxylation is 1. The molecule has 1 heterocycles. The molecule has 2 unspecified atom stereocenters. The standard InChI is InChI=1S/C12H19N3O2S/c1-15-10(8(6-14-15)12(16)17)7-13-9-4-3-5-11(9)18-2/h6,9,11,13H,3-5,7H2,1-2H3,(H,16,17). The number of carboxylic acid groups (broad SMARTS) is 1. The van der Waals surface area contributed by atoms with Crippen molar-refractivity contribution >= 4 is 17.7 Å². The summed E-state index contributed by atoms with van der Waals surface area (Å²) in [6.07, 6.45) is 7.22. The van der Waals surface area contributed by atoms with Gasteiger partial charge in [-0.1, -0.05) is 6.42 Å². The average Bonchev–Trinajstić information content (AvgIpc) is 2.92. The van der Waals surface area contributed by atoms with Crippen LogP contribution in [0.2, 0.25) is 0 Å². The van der Waals surface area contributed by atoms with E-state index in [2.05, 4.69) is 16.7 Å². The van der Waals surface area contributed by atoms with Crippen LogP contribution in [0.15, 0.2) is 6.20 Å². The molecule has 18 heavy (non-hydrogen) atoms. The van der Waals surface area contributed by atoms with Crippen LogP contribution in [-0.4, -0.2) is 38.4 Å². The molecule has 6 heteroatoms. The molecule has 0 radical (unpaired) electrons. The van der Waals surface area contributed by atoms with Crippen LogP contribution in [0.3, 0.4) is 0 Å². The van der Waals surface area contributed by atoms with Crippen LogP contribution in [0.5, 0.6) is 0 Å². The number of nitrogens with one attached hydrogen (secondary N) is 1. The van der Waals surface area contributed by atoms with Crippen molar-refractivity contribution in [3.63, 3.8) is 0 Å². The summed E-state index contributed by atoms with van der Waals surface area (Å²) in [5, 5.41) is 17.2. The largest absolute Gasteiger partial charge is 0.478 e. The Morgan fingerprint density at radius 3 is 3.11 bits per heavy atom. The Hall–Kier alpha value is -1.01. The zero-order chi connectivity index (χ0) is 13.1. The van der Waals surface area contributed by atoms with E-state index in [1.54, 1.807) is 11.7 Å². The highest BCUT2D eigenvalue weighted by Gasteiger charge is 2.26. The molecule has 0 aliphatic heterocycles. The number of nitrogens with zero attached hydrogens (tertiary/aromatic N) is 2. The maximum absolute atomic E-state index is 11.1. The quantitative estimate of drug-likeness (QED) is 0.848. The van der Waals surface area contributed by atoms with Crippen molar-refractivity contribution in [2.75, 3.05) is 6.26 Å². The van der Waals surface area contributed by atoms with Gasteiger partial charge in [0.2, 0.25) is 0 Å². The van der Waals surface area contributed by atoms with Crippen molar-refractivity contribution in [3.8, 4) is 0 Å². The van der Waals surface area contributed by atoms with Gasteiger partial charge in [0.15, 0.2) is 0 Å². The predicted octanol–water partition coefficient (Wildman–Crippen LogP) is 1.49. The zero-order valence-electron chi connectivity index (χ0n) is 10.7. The molecule has 1 aliphatic rings. The summed E-state index contributed by atoms with van der Waals surface area (Å²) in [5.74, 6) is -0.910. The number of aromatic nitrogens is 2. The number of thioether (sulfide) groups is 1. The van der Waals surface area contributed by atoms with Crippen LogP contribution in [0.4, 0.5) is 0 Å². The third-order valence-corrected chi connectivity index (χ3v) is 4.75. The Morgan fingerprint density at radius 2 is 2.44 bits per heavy atom. The lowest BCUT2D eigenvalue weighted by Crippen LogP contribution is -2.34. The van der Waals surface area contributed by atoms with E-state index in [9.17, 15) is 4.79 Å². The van der Waals surface area contributed by atoms with E-state index in [4.69, 9.17) is 5.11 Å². The van der Waals surface area contributed by atoms with Crippen LogP contribution in [0.1, 0.15) is 35.3 Å². The number of hydrogen-bond donors (Lipinski definition) is 2. The van der Waals surface area contributed by atoms with E-state index in [1.807, 2.05) is 11.8 Å². The SMILES string of the molecule is CSC1CCCC1NCc1c(C(=O)O)cnn1C. The van der Waals surface area contributed by atoms with E-state index in [0.717, 1.165) is 5.69 Å². The fraction of sp³-hybridized carbons (Fsp3) is 0.667. The number of carboxylic acids is 1. The Bertz CT molecular complexity index is 433. The molecule has 100 valence electrons. The van der Waals surface area contributed by atoms with Crippen LogP contribution in [0, 0.1) is 0 Å². The van der Waals surface area contributed by atoms with Crippen molar-refractivity contribution in [2.45, 2.75) is 37.1 Å². The van der Waals surface area contributed by atoms with Gasteiger partial charge in [-0.05, 0) is 19.1 Å². The maximum Gasteiger partial charge on any atom is 0.339 e. The third-order valence-electron chi connectivity index (χ3n) is 3.58. The Morgan fingerprint density at radius 1 is 1.67 bits per heavy atom. The molecule has 1 aromatic rings. The van der Waals surface area contributed by atoms with Gasteiger partial charge in [-0.2, -0.15) is 16.9 Å². The Labute approximate surface area is 111 Å². The summed E-state index contributed by atoms with van der Waals surface area (Å²) in [6, 6.07) is 0.483. The van der Waals surface area contributed by atoms with Crippen molar-refractivity contribution in [1.82, 2.24) is 15.1 Å². The van der Waals surface area contributed by atoms with Gasteiger partial charge in [0.25, 0.3) is 0 Å². The Balaban J connectivity index is 2.01. The summed E-state index contributed by atoms with van der Waals surface area (Å²) < 4.78 is 1.64. The fourth-order valence-corrected chi connectivity index (χ4v) is 3.48. The minimum atomic E-state index is -0.910. The summed E-state index contributed by atoms with van der Waals surface area (Å²) in [7, 11) is 1.78. The third kappa shape index (κ3) is 2.70. The molecule has 0 saturated heterocycles. The predicted molar refractivity (Wildman–Crippen MR) is 71.9 cm³/mol. The van der Waals surface area contributed by atoms with E-state index < -0.39 is 5.97 Å². The second-order valence-electron chi connectivity index (χ2n) is 4.63. The lowest BCUT2D eigenvalue weighted by Gasteiger charge is -2.19. The number of aromatic carboxylic acids is 1. The van der Waals surface area contributed by atoms with Gasteiger partial charge in [0.1, 0.15) is 5.56 Å². The molecule has 0 amide bonds. The number of rotatable bonds is 5. The van der Waals surface area contributed by atoms with E-state index in [0.29, 0.717) is 23.4 Å². The van der Waals surface area contributed by atoms with E-state index in [-0.39, 0.29) is 0 Å². The molecule has 1 fully saturated rings. The molecular formula is C12H19N3O2S. The van der Waals surface area contributed by atoms with Gasteiger partial charge in [-0.15, -0.1) is 0 Å². The van der Waals surface area contributed by atoms with Crippen molar-refractivity contribution < 1.29 is 9.90 Å². The second kappa shape index (κ2) is 5.75. The van der Waals surface area contributed by atoms with Gasteiger partial charge in [0.05, 0.1) is 11.9 Å². The fourth-order valence-electron chi connectivity index (χ4n) is 2.52. The molecule has 2 rings (SSSR count). The highest BCUT2D eigenvalue weighted by Crippen LogP contribution is 2.28. The lowest BCUT2D eigenvalue weighted by molar-refractivity contribution is 0.0695. The molecule has 0 spiro atoms. The first-order chi connectivity index (χ1) is 8.63. The molecule has 5 nitrogen and oxygen atoms in total. The molecule has 2 N–H and O–H groups in total. The molecular weight excluding hydrogens is 250 g/mol. The van der Waals surface area contributed by atoms with Gasteiger partial charge in [-0.3, -0.25) is 4.68 Å². The van der Waals surface area contributed by atoms with Gasteiger partial charge >= 0.3 is 5.97 Å². The van der Waals surface area contributed by atoms with E-state index in [1.165, 1.54) is 25.5 Å². The molecule has 1 saturated carbocycles. The Kier molecular flexibility index (Phi) is 4.29. The molecule has 2 atom stereocenters. The highest BCUT2D eigenvalue weighted by atomic mass is 32.2. The van der Waals surface area contributed by atoms with Crippen LogP contribution < -0.4 is 5.32 Å². The summed E-state index contributed by atoms with van der Waals surface area (Å²) in [5.41, 5.74) is 1.04. The van der Waals surface area contributed by atoms with Crippen LogP contribution >= 0.6 is 11.8 Å². The summed E-state index contributed by atoms with van der Waals surface area (Å²) >= 11 is 1.89. The van der Waals surface area contributed by atoms with Gasteiger partial charge in [0, 0.05) is 24.9 Å². The van der Waals surface area contributed by atoms with Gasteiger partial charge < -0.3 is 10.4 Å². The normalized spacial score (nSPS) is 23.4. The minimum absolute atomic E-state index is 0.295. The van der Waals surface area contributed by atoms with Crippen LogP contribution in [-0.2, 0) is 13.6 Å². The first-order valence-corrected chi connectivity index (χ1v) is 7.42. The van der Waals surface area contributed by atoms with Gasteiger partial charge in [-0.25, -0.2) is 4.79 Å². The first-order valence-electron chi connectivity index (χ1n) is 6.13. The summed E-state index contributed by atoms with van der Waals surface area (Å²) in [6.45, 7) is 0.569. The topological polar surface area (TPSA) is 67.2 Å². The first kappa shape index (κ1) is 13.4. The van der Waals surface area contributed by atoms with E-state index >= 15 is 0 Å². The molecule has 0 bridgehead atoms. The second-order valence-corrected chi connectivity index (χ2v) is 5.70. The number of carbonyl (C=O) groups is 1. The molecule has 1 aromatic heterocycles. The molecule has 1 aliphatic carbocycles. The van der Waals surface area contributed by atoms with Crippen molar-refractivity contribution in [2.24, 2.45) is 7.05 Å². The highest BCUT2D eigenvalue weighted by molar-refractivity contribution is 7.99. The summed E-state index contributed by atoms with van der Waals surface area (Å²) in [4.78, 5) is 11.1. The minimum Gasteiger partial charge on any atom is -0.478 e. The van der Waals surface area contributed by atoms with Crippen molar-refractivity contribution in [1.29, 1.82) is 0 Å². The lowest BCUT2D eigenvalue weighted by atomic mass is 10.2. The number of hydrogen-bond acceptors (Lipinski definition) is 4. The smallest absolute Gasteiger partial charge is 0.339 e. The molecule has 0 aromatic carbocycles.